The fraction of sp³-hybridized carbons (Fsp3) is 0.214. The predicted octanol–water partition coefficient (Wildman–Crippen LogP) is 1.56. The highest BCUT2D eigenvalue weighted by molar-refractivity contribution is 7.92. The van der Waals surface area contributed by atoms with Crippen molar-refractivity contribution in [2.45, 2.75) is 10.8 Å². The van der Waals surface area contributed by atoms with Gasteiger partial charge in [-0.25, -0.2) is 18.2 Å². The maximum absolute atomic E-state index is 11.9. The molecule has 3 rings (SSSR count). The SMILES string of the molecule is COC(=O)c1c(OCc2cn3ccccc3n2)nsc1S(C)(=O)=O. The zero-order valence-corrected chi connectivity index (χ0v) is 14.4. The first kappa shape index (κ1) is 16.4. The molecule has 10 heteroatoms. The Morgan fingerprint density at radius 1 is 1.38 bits per heavy atom. The van der Waals surface area contributed by atoms with Crippen molar-refractivity contribution in [2.24, 2.45) is 0 Å². The summed E-state index contributed by atoms with van der Waals surface area (Å²) >= 11 is 0.678. The number of pyridine rings is 1. The summed E-state index contributed by atoms with van der Waals surface area (Å²) in [5, 5.41) is 0. The van der Waals surface area contributed by atoms with E-state index >= 15 is 0 Å². The average molecular weight is 367 g/mol. The van der Waals surface area contributed by atoms with Gasteiger partial charge < -0.3 is 13.9 Å². The summed E-state index contributed by atoms with van der Waals surface area (Å²) in [6.07, 6.45) is 4.62. The molecule has 0 aromatic carbocycles. The van der Waals surface area contributed by atoms with Gasteiger partial charge in [0.1, 0.15) is 12.3 Å². The van der Waals surface area contributed by atoms with E-state index in [9.17, 15) is 13.2 Å². The lowest BCUT2D eigenvalue weighted by molar-refractivity contribution is 0.0591. The molecule has 0 radical (unpaired) electrons. The van der Waals surface area contributed by atoms with Gasteiger partial charge in [-0.05, 0) is 23.7 Å². The number of hydrogen-bond acceptors (Lipinski definition) is 8. The molecule has 0 atom stereocenters. The molecule has 24 heavy (non-hydrogen) atoms. The topological polar surface area (TPSA) is 99.9 Å². The fourth-order valence-corrected chi connectivity index (χ4v) is 3.85. The first-order valence-electron chi connectivity index (χ1n) is 6.73. The average Bonchev–Trinajstić information content (AvgIpc) is 3.15. The maximum Gasteiger partial charge on any atom is 0.345 e. The number of esters is 1. The summed E-state index contributed by atoms with van der Waals surface area (Å²) < 4.78 is 39.3. The largest absolute Gasteiger partial charge is 0.470 e. The number of hydrogen-bond donors (Lipinski definition) is 0. The van der Waals surface area contributed by atoms with E-state index in [0.29, 0.717) is 17.2 Å². The zero-order chi connectivity index (χ0) is 17.3. The highest BCUT2D eigenvalue weighted by atomic mass is 32.2. The molecule has 126 valence electrons. The van der Waals surface area contributed by atoms with E-state index in [-0.39, 0.29) is 22.3 Å². The van der Waals surface area contributed by atoms with E-state index in [1.807, 2.05) is 28.8 Å². The third kappa shape index (κ3) is 3.10. The number of nitrogens with zero attached hydrogens (tertiary/aromatic N) is 3. The number of aromatic nitrogens is 3. The van der Waals surface area contributed by atoms with Gasteiger partial charge in [0.2, 0.25) is 5.88 Å². The van der Waals surface area contributed by atoms with Crippen LogP contribution < -0.4 is 4.74 Å². The van der Waals surface area contributed by atoms with Crippen molar-refractivity contribution in [3.63, 3.8) is 0 Å². The first-order valence-corrected chi connectivity index (χ1v) is 9.40. The Hall–Kier alpha value is -2.46. The van der Waals surface area contributed by atoms with E-state index in [2.05, 4.69) is 14.1 Å². The second-order valence-electron chi connectivity index (χ2n) is 4.90. The summed E-state index contributed by atoms with van der Waals surface area (Å²) in [7, 11) is -2.45. The Bertz CT molecular complexity index is 974. The van der Waals surface area contributed by atoms with Crippen molar-refractivity contribution in [2.75, 3.05) is 13.4 Å². The lowest BCUT2D eigenvalue weighted by Crippen LogP contribution is -2.09. The standard InChI is InChI=1S/C14H13N3O5S2/c1-21-13(18)11-12(16-23-14(11)24(2,19)20)22-8-9-7-17-6-4-3-5-10(17)15-9/h3-7H,8H2,1-2H3. The Morgan fingerprint density at radius 2 is 2.17 bits per heavy atom. The quantitative estimate of drug-likeness (QED) is 0.631. The summed E-state index contributed by atoms with van der Waals surface area (Å²) in [5.74, 6) is -0.890. The number of sulfone groups is 1. The molecule has 0 saturated heterocycles. The van der Waals surface area contributed by atoms with E-state index in [1.54, 1.807) is 6.20 Å². The van der Waals surface area contributed by atoms with Crippen LogP contribution in [0, 0.1) is 0 Å². The van der Waals surface area contributed by atoms with Crippen LogP contribution in [0.25, 0.3) is 5.65 Å². The van der Waals surface area contributed by atoms with Gasteiger partial charge in [-0.2, -0.15) is 4.37 Å². The first-order chi connectivity index (χ1) is 11.4. The molecule has 3 aromatic heterocycles. The molecule has 0 aliphatic rings. The zero-order valence-electron chi connectivity index (χ0n) is 12.8. The molecule has 0 aliphatic heterocycles. The maximum atomic E-state index is 11.9. The number of fused-ring (bicyclic) bond motifs is 1. The molecular formula is C14H13N3O5S2. The molecule has 0 aliphatic carbocycles. The highest BCUT2D eigenvalue weighted by Crippen LogP contribution is 2.30. The molecule has 8 nitrogen and oxygen atoms in total. The van der Waals surface area contributed by atoms with Crippen molar-refractivity contribution >= 4 is 33.0 Å². The lowest BCUT2D eigenvalue weighted by Gasteiger charge is -2.04. The van der Waals surface area contributed by atoms with Crippen LogP contribution in [-0.4, -0.2) is 41.5 Å². The monoisotopic (exact) mass is 367 g/mol. The third-order valence-electron chi connectivity index (χ3n) is 3.13. The molecule has 3 aromatic rings. The van der Waals surface area contributed by atoms with E-state index in [1.165, 1.54) is 0 Å². The third-order valence-corrected chi connectivity index (χ3v) is 5.76. The smallest absolute Gasteiger partial charge is 0.345 e. The minimum absolute atomic E-state index is 0.0403. The number of ether oxygens (including phenoxy) is 2. The second kappa shape index (κ2) is 6.21. The lowest BCUT2D eigenvalue weighted by atomic mass is 10.3. The van der Waals surface area contributed by atoms with Crippen molar-refractivity contribution < 1.29 is 22.7 Å². The van der Waals surface area contributed by atoms with Crippen LogP contribution in [0.3, 0.4) is 0 Å². The summed E-state index contributed by atoms with van der Waals surface area (Å²) in [5.41, 5.74) is 1.18. The van der Waals surface area contributed by atoms with Crippen molar-refractivity contribution in [1.82, 2.24) is 13.8 Å². The van der Waals surface area contributed by atoms with Gasteiger partial charge >= 0.3 is 5.97 Å². The normalized spacial score (nSPS) is 11.6. The Kier molecular flexibility index (Phi) is 4.24. The minimum Gasteiger partial charge on any atom is -0.470 e. The van der Waals surface area contributed by atoms with Crippen LogP contribution in [-0.2, 0) is 21.2 Å². The molecule has 0 fully saturated rings. The molecule has 0 bridgehead atoms. The predicted molar refractivity (Wildman–Crippen MR) is 86.1 cm³/mol. The minimum atomic E-state index is -3.62. The Labute approximate surface area is 141 Å². The van der Waals surface area contributed by atoms with Gasteiger partial charge in [0.05, 0.1) is 12.8 Å². The van der Waals surface area contributed by atoms with Crippen molar-refractivity contribution in [3.05, 3.63) is 41.9 Å². The van der Waals surface area contributed by atoms with Crippen LogP contribution in [0.2, 0.25) is 0 Å². The van der Waals surface area contributed by atoms with E-state index in [0.717, 1.165) is 19.0 Å². The van der Waals surface area contributed by atoms with Crippen LogP contribution in [0.15, 0.2) is 34.8 Å². The van der Waals surface area contributed by atoms with Crippen molar-refractivity contribution in [3.8, 4) is 5.88 Å². The molecule has 0 saturated carbocycles. The summed E-state index contributed by atoms with van der Waals surface area (Å²) in [4.78, 5) is 16.3. The number of methoxy groups -OCH3 is 1. The van der Waals surface area contributed by atoms with Crippen LogP contribution in [0.5, 0.6) is 5.88 Å². The van der Waals surface area contributed by atoms with Gasteiger partial charge in [0.25, 0.3) is 0 Å². The molecule has 0 amide bonds. The van der Waals surface area contributed by atoms with E-state index in [4.69, 9.17) is 4.74 Å². The highest BCUT2D eigenvalue weighted by Gasteiger charge is 2.29. The van der Waals surface area contributed by atoms with Crippen LogP contribution >= 0.6 is 11.5 Å². The van der Waals surface area contributed by atoms with Gasteiger partial charge in [0.15, 0.2) is 19.6 Å². The van der Waals surface area contributed by atoms with Crippen LogP contribution in [0.4, 0.5) is 0 Å². The second-order valence-corrected chi connectivity index (χ2v) is 7.89. The van der Waals surface area contributed by atoms with Gasteiger partial charge in [0, 0.05) is 18.6 Å². The molecule has 0 N–H and O–H groups in total. The van der Waals surface area contributed by atoms with E-state index < -0.39 is 15.8 Å². The van der Waals surface area contributed by atoms with Gasteiger partial charge in [-0.1, -0.05) is 6.07 Å². The number of rotatable bonds is 5. The molecular weight excluding hydrogens is 354 g/mol. The number of carbonyl (C=O) groups excluding carboxylic acids is 1. The fourth-order valence-electron chi connectivity index (χ4n) is 2.08. The molecule has 0 unspecified atom stereocenters. The van der Waals surface area contributed by atoms with Gasteiger partial charge in [-0.3, -0.25) is 0 Å². The Balaban J connectivity index is 1.89. The summed E-state index contributed by atoms with van der Waals surface area (Å²) in [6, 6.07) is 5.57. The van der Waals surface area contributed by atoms with Crippen molar-refractivity contribution in [1.29, 1.82) is 0 Å². The number of imidazole rings is 1. The Morgan fingerprint density at radius 3 is 2.83 bits per heavy atom. The van der Waals surface area contributed by atoms with Gasteiger partial charge in [-0.15, -0.1) is 0 Å². The molecule has 3 heterocycles. The summed E-state index contributed by atoms with van der Waals surface area (Å²) in [6.45, 7) is 0.0403. The van der Waals surface area contributed by atoms with Crippen LogP contribution in [0.1, 0.15) is 16.1 Å². The molecule has 0 spiro atoms. The number of carbonyl (C=O) groups is 1.